The average Bonchev–Trinajstić information content (AvgIpc) is 2.08. The van der Waals surface area contributed by atoms with Gasteiger partial charge in [-0.1, -0.05) is 38.5 Å². The molecule has 1 saturated carbocycles. The molecule has 1 fully saturated rings. The Balaban J connectivity index is -0.000000151. The van der Waals surface area contributed by atoms with Gasteiger partial charge in [0.1, 0.15) is 0 Å². The number of rotatable bonds is 0. The molecule has 5 N–H and O–H groups in total. The summed E-state index contributed by atoms with van der Waals surface area (Å²) in [6.07, 6.45) is 9.00. The first-order valence-electron chi connectivity index (χ1n) is 4.11. The number of carboxylic acid groups (broad SMARTS) is 2. The first-order valence-corrected chi connectivity index (χ1v) is 4.11. The Morgan fingerprint density at radius 2 is 0.857 bits per heavy atom. The minimum atomic E-state index is -1.82. The van der Waals surface area contributed by atoms with Crippen LogP contribution in [0.5, 0.6) is 0 Å². The summed E-state index contributed by atoms with van der Waals surface area (Å²) >= 11 is 0. The largest absolute Gasteiger partial charge is 0.473 e. The molecule has 0 heterocycles. The molecule has 0 unspecified atom stereocenters. The van der Waals surface area contributed by atoms with E-state index in [1.807, 2.05) is 0 Å². The molecule has 14 heavy (non-hydrogen) atoms. The summed E-state index contributed by atoms with van der Waals surface area (Å²) in [5, 5.41) is 14.8. The van der Waals surface area contributed by atoms with Gasteiger partial charge in [-0.15, -0.1) is 0 Å². The monoisotopic (exact) mass is 289 g/mol. The van der Waals surface area contributed by atoms with Crippen LogP contribution in [-0.2, 0) is 30.7 Å². The molecule has 0 radical (unpaired) electrons. The van der Waals surface area contributed by atoms with Gasteiger partial charge in [0.25, 0.3) is 0 Å². The van der Waals surface area contributed by atoms with Crippen molar-refractivity contribution in [1.29, 1.82) is 0 Å². The van der Waals surface area contributed by atoms with Crippen LogP contribution in [0.15, 0.2) is 0 Å². The molecular weight excluding hydrogens is 270 g/mol. The van der Waals surface area contributed by atoms with E-state index in [1.165, 1.54) is 38.5 Å². The number of hydrogen-bond donors (Lipinski definition) is 3. The summed E-state index contributed by atoms with van der Waals surface area (Å²) in [5.74, 6) is -3.65. The van der Waals surface area contributed by atoms with Crippen LogP contribution in [-0.4, -0.2) is 22.2 Å². The molecular formula is C8H17MoNO4. The maximum absolute atomic E-state index is 9.10. The van der Waals surface area contributed by atoms with Crippen molar-refractivity contribution < 1.29 is 40.9 Å². The summed E-state index contributed by atoms with van der Waals surface area (Å²) in [7, 11) is 0. The molecule has 0 aromatic carbocycles. The summed E-state index contributed by atoms with van der Waals surface area (Å²) < 4.78 is 0. The second-order valence-electron chi connectivity index (χ2n) is 2.73. The van der Waals surface area contributed by atoms with E-state index < -0.39 is 11.9 Å². The molecule has 1 aliphatic rings. The first-order chi connectivity index (χ1) is 5.64. The normalized spacial score (nSPS) is 13.4. The fraction of sp³-hybridized carbons (Fsp3) is 0.750. The third-order valence-corrected chi connectivity index (χ3v) is 1.68. The standard InChI is InChI=1S/C6H12.C2H2O4.Mo.H3N/c1-2-4-6-5-3-1;3-1(4)2(5)6;;/h1-6H2;(H,3,4)(H,5,6);;1H3. The Bertz CT molecular complexity index is 136. The van der Waals surface area contributed by atoms with Crippen LogP contribution >= 0.6 is 0 Å². The molecule has 6 heteroatoms. The maximum Gasteiger partial charge on any atom is 0.414 e. The minimum Gasteiger partial charge on any atom is -0.473 e. The molecule has 5 nitrogen and oxygen atoms in total. The van der Waals surface area contributed by atoms with Gasteiger partial charge in [-0.25, -0.2) is 9.59 Å². The zero-order valence-corrected chi connectivity index (χ0v) is 10.1. The topological polar surface area (TPSA) is 110 Å². The van der Waals surface area contributed by atoms with Crippen LogP contribution in [0.2, 0.25) is 0 Å². The van der Waals surface area contributed by atoms with E-state index in [1.54, 1.807) is 0 Å². The van der Waals surface area contributed by atoms with Crippen molar-refractivity contribution in [1.82, 2.24) is 6.15 Å². The van der Waals surface area contributed by atoms with E-state index in [4.69, 9.17) is 19.8 Å². The Hall–Kier alpha value is -0.412. The Morgan fingerprint density at radius 1 is 0.714 bits per heavy atom. The van der Waals surface area contributed by atoms with Crippen LogP contribution in [0.1, 0.15) is 38.5 Å². The molecule has 0 atom stereocenters. The van der Waals surface area contributed by atoms with E-state index in [-0.39, 0.29) is 27.2 Å². The van der Waals surface area contributed by atoms with E-state index in [9.17, 15) is 0 Å². The van der Waals surface area contributed by atoms with E-state index in [2.05, 4.69) is 0 Å². The van der Waals surface area contributed by atoms with Crippen molar-refractivity contribution >= 4 is 11.9 Å². The fourth-order valence-corrected chi connectivity index (χ4v) is 1.06. The van der Waals surface area contributed by atoms with Gasteiger partial charge < -0.3 is 16.4 Å². The SMILES string of the molecule is C1CCCCC1.N.O=C(O)C(=O)O.[Mo]. The van der Waals surface area contributed by atoms with Gasteiger partial charge in [-0.05, 0) is 0 Å². The molecule has 0 saturated heterocycles. The molecule has 1 rings (SSSR count). The van der Waals surface area contributed by atoms with E-state index in [0.717, 1.165) is 0 Å². The van der Waals surface area contributed by atoms with Crippen molar-refractivity contribution in [3.05, 3.63) is 0 Å². The van der Waals surface area contributed by atoms with Gasteiger partial charge in [0.15, 0.2) is 0 Å². The Labute approximate surface area is 97.7 Å². The molecule has 0 aromatic rings. The molecule has 0 amide bonds. The van der Waals surface area contributed by atoms with Gasteiger partial charge in [-0.2, -0.15) is 0 Å². The van der Waals surface area contributed by atoms with Crippen LogP contribution in [0.4, 0.5) is 0 Å². The third-order valence-electron chi connectivity index (χ3n) is 1.68. The Morgan fingerprint density at radius 3 is 0.929 bits per heavy atom. The van der Waals surface area contributed by atoms with Crippen molar-refractivity contribution in [2.75, 3.05) is 0 Å². The van der Waals surface area contributed by atoms with Crippen LogP contribution in [0.3, 0.4) is 0 Å². The number of aliphatic carboxylic acids is 2. The fourth-order valence-electron chi connectivity index (χ4n) is 1.06. The molecule has 84 valence electrons. The van der Waals surface area contributed by atoms with Gasteiger partial charge in [0, 0.05) is 21.1 Å². The maximum atomic E-state index is 9.10. The van der Waals surface area contributed by atoms with Crippen molar-refractivity contribution in [2.24, 2.45) is 0 Å². The van der Waals surface area contributed by atoms with Crippen LogP contribution in [0.25, 0.3) is 0 Å². The van der Waals surface area contributed by atoms with Gasteiger partial charge in [-0.3, -0.25) is 0 Å². The summed E-state index contributed by atoms with van der Waals surface area (Å²) in [6, 6.07) is 0. The quantitative estimate of drug-likeness (QED) is 0.463. The number of carboxylic acids is 2. The van der Waals surface area contributed by atoms with Crippen molar-refractivity contribution in [3.63, 3.8) is 0 Å². The molecule has 1 aliphatic carbocycles. The first kappa shape index (κ1) is 19.2. The van der Waals surface area contributed by atoms with Gasteiger partial charge in [0.05, 0.1) is 0 Å². The van der Waals surface area contributed by atoms with Crippen molar-refractivity contribution in [2.45, 2.75) is 38.5 Å². The van der Waals surface area contributed by atoms with E-state index >= 15 is 0 Å². The molecule has 0 bridgehead atoms. The van der Waals surface area contributed by atoms with Crippen molar-refractivity contribution in [3.8, 4) is 0 Å². The van der Waals surface area contributed by atoms with Gasteiger partial charge in [0.2, 0.25) is 0 Å². The zero-order chi connectivity index (χ0) is 9.40. The summed E-state index contributed by atoms with van der Waals surface area (Å²) in [5.41, 5.74) is 0. The Kier molecular flexibility index (Phi) is 17.3. The molecule has 0 aromatic heterocycles. The molecule has 0 spiro atoms. The predicted molar refractivity (Wildman–Crippen MR) is 48.0 cm³/mol. The van der Waals surface area contributed by atoms with Crippen LogP contribution in [0, 0.1) is 0 Å². The summed E-state index contributed by atoms with van der Waals surface area (Å²) in [6.45, 7) is 0. The second kappa shape index (κ2) is 12.6. The minimum absolute atomic E-state index is 0. The zero-order valence-electron chi connectivity index (χ0n) is 8.07. The third kappa shape index (κ3) is 14.1. The molecule has 0 aliphatic heterocycles. The van der Waals surface area contributed by atoms with Crippen LogP contribution < -0.4 is 6.15 Å². The second-order valence-corrected chi connectivity index (χ2v) is 2.73. The average molecular weight is 287 g/mol. The smallest absolute Gasteiger partial charge is 0.414 e. The van der Waals surface area contributed by atoms with Gasteiger partial charge >= 0.3 is 11.9 Å². The summed E-state index contributed by atoms with van der Waals surface area (Å²) in [4.78, 5) is 18.2. The number of carbonyl (C=O) groups is 2. The predicted octanol–water partition coefficient (Wildman–Crippen LogP) is 1.66. The van der Waals surface area contributed by atoms with E-state index in [0.29, 0.717) is 0 Å². The number of hydrogen-bond acceptors (Lipinski definition) is 3.